The second-order valence-electron chi connectivity index (χ2n) is 2.81. The average molecular weight is 225 g/mol. The summed E-state index contributed by atoms with van der Waals surface area (Å²) in [5, 5.41) is 10.7. The van der Waals surface area contributed by atoms with Crippen LogP contribution in [0, 0.1) is 10.1 Å². The molecule has 1 rings (SSSR count). The van der Waals surface area contributed by atoms with Gasteiger partial charge >= 0.3 is 0 Å². The van der Waals surface area contributed by atoms with Crippen LogP contribution < -0.4 is 16.0 Å². The number of nitro groups is 1. The molecular formula is C9H11N3O4. The molecule has 0 aliphatic carbocycles. The number of hydrazine groups is 1. The Labute approximate surface area is 91.3 Å². The van der Waals surface area contributed by atoms with Gasteiger partial charge in [0.1, 0.15) is 5.75 Å². The van der Waals surface area contributed by atoms with Gasteiger partial charge in [0.2, 0.25) is 0 Å². The first-order valence-electron chi connectivity index (χ1n) is 4.53. The number of rotatable bonds is 4. The zero-order valence-corrected chi connectivity index (χ0v) is 8.60. The maximum atomic E-state index is 11.4. The largest absolute Gasteiger partial charge is 0.493 e. The Bertz CT molecular complexity index is 419. The summed E-state index contributed by atoms with van der Waals surface area (Å²) in [6.45, 7) is 2.01. The molecule has 0 aliphatic rings. The highest BCUT2D eigenvalue weighted by Crippen LogP contribution is 2.27. The molecule has 86 valence electrons. The van der Waals surface area contributed by atoms with Gasteiger partial charge in [-0.15, -0.1) is 0 Å². The fourth-order valence-electron chi connectivity index (χ4n) is 1.25. The highest BCUT2D eigenvalue weighted by molar-refractivity contribution is 6.00. The molecule has 0 aliphatic heterocycles. The van der Waals surface area contributed by atoms with Crippen LogP contribution in [0.25, 0.3) is 0 Å². The van der Waals surface area contributed by atoms with Gasteiger partial charge in [0, 0.05) is 6.07 Å². The normalized spacial score (nSPS) is 9.62. The zero-order valence-electron chi connectivity index (χ0n) is 8.60. The Balaban J connectivity index is 3.34. The number of nitrogens with two attached hydrogens (primary N) is 1. The van der Waals surface area contributed by atoms with Gasteiger partial charge in [-0.3, -0.25) is 20.3 Å². The van der Waals surface area contributed by atoms with Crippen LogP contribution in [0.3, 0.4) is 0 Å². The molecule has 0 spiro atoms. The second-order valence-corrected chi connectivity index (χ2v) is 2.81. The topological polar surface area (TPSA) is 107 Å². The Morgan fingerprint density at radius 3 is 2.81 bits per heavy atom. The minimum Gasteiger partial charge on any atom is -0.493 e. The molecule has 1 aromatic carbocycles. The van der Waals surface area contributed by atoms with Gasteiger partial charge in [-0.1, -0.05) is 6.07 Å². The van der Waals surface area contributed by atoms with Crippen molar-refractivity contribution < 1.29 is 14.5 Å². The van der Waals surface area contributed by atoms with E-state index in [1.54, 1.807) is 6.92 Å². The fourth-order valence-corrected chi connectivity index (χ4v) is 1.25. The number of nitro benzene ring substituents is 1. The van der Waals surface area contributed by atoms with Crippen LogP contribution in [0.15, 0.2) is 18.2 Å². The van der Waals surface area contributed by atoms with Crippen molar-refractivity contribution in [3.63, 3.8) is 0 Å². The van der Waals surface area contributed by atoms with E-state index in [-0.39, 0.29) is 17.0 Å². The third-order valence-electron chi connectivity index (χ3n) is 1.86. The molecule has 0 saturated heterocycles. The molecule has 7 heteroatoms. The van der Waals surface area contributed by atoms with Crippen LogP contribution in [0.1, 0.15) is 17.3 Å². The summed E-state index contributed by atoms with van der Waals surface area (Å²) >= 11 is 0. The molecule has 0 unspecified atom stereocenters. The minimum atomic E-state index is -0.754. The lowest BCUT2D eigenvalue weighted by molar-refractivity contribution is -0.385. The van der Waals surface area contributed by atoms with Crippen molar-refractivity contribution in [2.45, 2.75) is 6.92 Å². The van der Waals surface area contributed by atoms with Crippen molar-refractivity contribution in [2.24, 2.45) is 5.84 Å². The molecule has 16 heavy (non-hydrogen) atoms. The fraction of sp³-hybridized carbons (Fsp3) is 0.222. The van der Waals surface area contributed by atoms with Crippen LogP contribution in [-0.4, -0.2) is 17.4 Å². The van der Waals surface area contributed by atoms with Crippen molar-refractivity contribution in [2.75, 3.05) is 6.61 Å². The number of carbonyl (C=O) groups excluding carboxylic acids is 1. The predicted molar refractivity (Wildman–Crippen MR) is 55.9 cm³/mol. The van der Waals surface area contributed by atoms with Crippen molar-refractivity contribution in [1.29, 1.82) is 0 Å². The molecule has 0 fully saturated rings. The first-order valence-corrected chi connectivity index (χ1v) is 4.53. The highest BCUT2D eigenvalue weighted by Gasteiger charge is 2.24. The summed E-state index contributed by atoms with van der Waals surface area (Å²) < 4.78 is 5.13. The van der Waals surface area contributed by atoms with Crippen molar-refractivity contribution in [1.82, 2.24) is 5.43 Å². The van der Waals surface area contributed by atoms with Gasteiger partial charge in [0.25, 0.3) is 11.6 Å². The molecule has 0 bridgehead atoms. The quantitative estimate of drug-likeness (QED) is 0.337. The van der Waals surface area contributed by atoms with E-state index in [0.717, 1.165) is 0 Å². The summed E-state index contributed by atoms with van der Waals surface area (Å²) in [6, 6.07) is 4.13. The first kappa shape index (κ1) is 11.9. The van der Waals surface area contributed by atoms with Gasteiger partial charge in [-0.2, -0.15) is 0 Å². The van der Waals surface area contributed by atoms with E-state index in [9.17, 15) is 14.9 Å². The van der Waals surface area contributed by atoms with E-state index in [4.69, 9.17) is 10.6 Å². The zero-order chi connectivity index (χ0) is 12.1. The van der Waals surface area contributed by atoms with Crippen LogP contribution >= 0.6 is 0 Å². The Hall–Kier alpha value is -2.15. The smallest absolute Gasteiger partial charge is 0.285 e. The summed E-state index contributed by atoms with van der Waals surface area (Å²) in [4.78, 5) is 21.5. The maximum absolute atomic E-state index is 11.4. The molecule has 3 N–H and O–H groups in total. The predicted octanol–water partition coefficient (Wildman–Crippen LogP) is 0.597. The third-order valence-corrected chi connectivity index (χ3v) is 1.86. The highest BCUT2D eigenvalue weighted by atomic mass is 16.6. The average Bonchev–Trinajstić information content (AvgIpc) is 2.28. The van der Waals surface area contributed by atoms with Crippen LogP contribution in [0.5, 0.6) is 5.75 Å². The van der Waals surface area contributed by atoms with Gasteiger partial charge < -0.3 is 4.74 Å². The van der Waals surface area contributed by atoms with E-state index < -0.39 is 10.8 Å². The SMILES string of the molecule is CCOc1cccc([N+](=O)[O-])c1C(=O)NN. The van der Waals surface area contributed by atoms with Crippen molar-refractivity contribution in [3.05, 3.63) is 33.9 Å². The first-order chi connectivity index (χ1) is 7.61. The number of nitrogens with zero attached hydrogens (tertiary/aromatic N) is 1. The van der Waals surface area contributed by atoms with Crippen molar-refractivity contribution >= 4 is 11.6 Å². The lowest BCUT2D eigenvalue weighted by Crippen LogP contribution is -2.31. The summed E-state index contributed by atoms with van der Waals surface area (Å²) in [7, 11) is 0. The number of nitrogens with one attached hydrogen (secondary N) is 1. The number of ether oxygens (including phenoxy) is 1. The van der Waals surface area contributed by atoms with Crippen LogP contribution in [0.4, 0.5) is 5.69 Å². The number of carbonyl (C=O) groups is 1. The number of hydrogen-bond acceptors (Lipinski definition) is 5. The van der Waals surface area contributed by atoms with E-state index >= 15 is 0 Å². The molecule has 0 atom stereocenters. The number of hydrogen-bond donors (Lipinski definition) is 2. The lowest BCUT2D eigenvalue weighted by atomic mass is 10.1. The van der Waals surface area contributed by atoms with E-state index in [1.165, 1.54) is 18.2 Å². The van der Waals surface area contributed by atoms with Crippen molar-refractivity contribution in [3.8, 4) is 5.75 Å². The minimum absolute atomic E-state index is 0.139. The standard InChI is InChI=1S/C9H11N3O4/c1-2-16-7-5-3-4-6(12(14)15)8(7)9(13)11-10/h3-5H,2,10H2,1H3,(H,11,13). The maximum Gasteiger partial charge on any atom is 0.285 e. The molecule has 7 nitrogen and oxygen atoms in total. The molecule has 0 heterocycles. The molecule has 0 aromatic heterocycles. The number of amides is 1. The van der Waals surface area contributed by atoms with E-state index in [2.05, 4.69) is 0 Å². The lowest BCUT2D eigenvalue weighted by Gasteiger charge is -2.08. The third kappa shape index (κ3) is 2.26. The van der Waals surface area contributed by atoms with Gasteiger partial charge in [-0.25, -0.2) is 5.84 Å². The number of benzene rings is 1. The molecule has 1 amide bonds. The Morgan fingerprint density at radius 1 is 1.62 bits per heavy atom. The van der Waals surface area contributed by atoms with Gasteiger partial charge in [-0.05, 0) is 13.0 Å². The summed E-state index contributed by atoms with van der Waals surface area (Å²) in [6.07, 6.45) is 0. The summed E-state index contributed by atoms with van der Waals surface area (Å²) in [5.74, 6) is 4.35. The molecule has 0 radical (unpaired) electrons. The Kier molecular flexibility index (Phi) is 3.78. The molecule has 1 aromatic rings. The summed E-state index contributed by atoms with van der Waals surface area (Å²) in [5.41, 5.74) is 1.34. The Morgan fingerprint density at radius 2 is 2.31 bits per heavy atom. The van der Waals surface area contributed by atoms with Gasteiger partial charge in [0.15, 0.2) is 5.56 Å². The van der Waals surface area contributed by atoms with Crippen LogP contribution in [0.2, 0.25) is 0 Å². The van der Waals surface area contributed by atoms with Gasteiger partial charge in [0.05, 0.1) is 11.5 Å². The molecule has 0 saturated carbocycles. The second kappa shape index (κ2) is 5.08. The van der Waals surface area contributed by atoms with E-state index in [0.29, 0.717) is 6.61 Å². The number of nitrogen functional groups attached to an aromatic ring is 1. The molecular weight excluding hydrogens is 214 g/mol. The van der Waals surface area contributed by atoms with Crippen LogP contribution in [-0.2, 0) is 0 Å². The van der Waals surface area contributed by atoms with E-state index in [1.807, 2.05) is 5.43 Å². The monoisotopic (exact) mass is 225 g/mol.